The summed E-state index contributed by atoms with van der Waals surface area (Å²) in [7, 11) is 0. The molecule has 1 aliphatic rings. The number of thioether (sulfide) groups is 1. The van der Waals surface area contributed by atoms with Crippen molar-refractivity contribution in [2.75, 3.05) is 13.2 Å². The first-order chi connectivity index (χ1) is 16.8. The Balaban J connectivity index is 1.51. The number of halogens is 2. The highest BCUT2D eigenvalue weighted by molar-refractivity contribution is 9.10. The van der Waals surface area contributed by atoms with Gasteiger partial charge in [-0.15, -0.1) is 0 Å². The predicted molar refractivity (Wildman–Crippen MR) is 136 cm³/mol. The first-order valence-corrected chi connectivity index (χ1v) is 12.4. The Morgan fingerprint density at radius 2 is 1.86 bits per heavy atom. The number of imide groups is 1. The topological polar surface area (TPSA) is 93.9 Å². The number of hydrogen-bond acceptors (Lipinski definition) is 7. The smallest absolute Gasteiger partial charge is 0.339 e. The number of rotatable bonds is 7. The SMILES string of the molecule is CCOC(=O)c1cc(-c2ccc(/C=C3/SC(=O)N(CC(=O)c4ccc(Br)cc4)C3=O)o2)ccc1Cl. The molecule has 0 aliphatic carbocycles. The Hall–Kier alpha value is -3.14. The number of benzene rings is 2. The molecule has 0 unspecified atom stereocenters. The number of carbonyl (C=O) groups is 4. The molecule has 35 heavy (non-hydrogen) atoms. The number of ketones is 1. The van der Waals surface area contributed by atoms with Crippen molar-refractivity contribution in [1.82, 2.24) is 4.90 Å². The van der Waals surface area contributed by atoms with Gasteiger partial charge in [-0.25, -0.2) is 4.79 Å². The summed E-state index contributed by atoms with van der Waals surface area (Å²) in [5, 5.41) is -0.277. The number of hydrogen-bond donors (Lipinski definition) is 0. The van der Waals surface area contributed by atoms with Gasteiger partial charge in [0.05, 0.1) is 28.6 Å². The van der Waals surface area contributed by atoms with E-state index in [1.165, 1.54) is 6.08 Å². The van der Waals surface area contributed by atoms with E-state index < -0.39 is 17.1 Å². The molecule has 3 aromatic rings. The average molecular weight is 575 g/mol. The number of furan rings is 1. The minimum atomic E-state index is -0.570. The highest BCUT2D eigenvalue weighted by atomic mass is 79.9. The number of carbonyl (C=O) groups excluding carboxylic acids is 4. The van der Waals surface area contributed by atoms with Crippen LogP contribution in [-0.4, -0.2) is 41.0 Å². The zero-order valence-electron chi connectivity index (χ0n) is 18.2. The maximum absolute atomic E-state index is 12.8. The van der Waals surface area contributed by atoms with Gasteiger partial charge in [0.15, 0.2) is 5.78 Å². The summed E-state index contributed by atoms with van der Waals surface area (Å²) < 4.78 is 11.6. The second kappa shape index (κ2) is 10.6. The minimum Gasteiger partial charge on any atom is -0.462 e. The maximum Gasteiger partial charge on any atom is 0.339 e. The first kappa shape index (κ1) is 25.0. The zero-order chi connectivity index (χ0) is 25.1. The van der Waals surface area contributed by atoms with E-state index in [0.717, 1.165) is 21.1 Å². The quantitative estimate of drug-likeness (QED) is 0.182. The molecule has 1 fully saturated rings. The second-order valence-corrected chi connectivity index (χ2v) is 9.63. The number of amides is 2. The van der Waals surface area contributed by atoms with Crippen molar-refractivity contribution in [3.8, 4) is 11.3 Å². The van der Waals surface area contributed by atoms with Crippen LogP contribution in [0.2, 0.25) is 5.02 Å². The van der Waals surface area contributed by atoms with Crippen LogP contribution in [-0.2, 0) is 9.53 Å². The fraction of sp³-hybridized carbons (Fsp3) is 0.120. The molecule has 178 valence electrons. The van der Waals surface area contributed by atoms with E-state index in [-0.39, 0.29) is 34.4 Å². The molecular weight excluding hydrogens is 558 g/mol. The van der Waals surface area contributed by atoms with Gasteiger partial charge >= 0.3 is 5.97 Å². The van der Waals surface area contributed by atoms with Gasteiger partial charge in [-0.2, -0.15) is 0 Å². The van der Waals surface area contributed by atoms with Crippen LogP contribution in [0.4, 0.5) is 4.79 Å². The van der Waals surface area contributed by atoms with E-state index in [9.17, 15) is 19.2 Å². The summed E-state index contributed by atoms with van der Waals surface area (Å²) >= 11 is 10.2. The molecular formula is C25H17BrClNO6S. The van der Waals surface area contributed by atoms with Crippen LogP contribution >= 0.6 is 39.3 Å². The molecule has 2 aromatic carbocycles. The lowest BCUT2D eigenvalue weighted by Gasteiger charge is -2.11. The van der Waals surface area contributed by atoms with Crippen molar-refractivity contribution in [3.63, 3.8) is 0 Å². The highest BCUT2D eigenvalue weighted by Crippen LogP contribution is 2.34. The van der Waals surface area contributed by atoms with E-state index in [0.29, 0.717) is 22.6 Å². The van der Waals surface area contributed by atoms with Gasteiger partial charge in [0, 0.05) is 21.7 Å². The number of nitrogens with zero attached hydrogens (tertiary/aromatic N) is 1. The number of ether oxygens (including phenoxy) is 1. The van der Waals surface area contributed by atoms with Gasteiger partial charge in [0.25, 0.3) is 11.1 Å². The molecule has 1 aliphatic heterocycles. The second-order valence-electron chi connectivity index (χ2n) is 7.32. The Morgan fingerprint density at radius 3 is 2.57 bits per heavy atom. The van der Waals surface area contributed by atoms with Gasteiger partial charge in [-0.3, -0.25) is 19.3 Å². The summed E-state index contributed by atoms with van der Waals surface area (Å²) in [4.78, 5) is 50.9. The normalized spacial score (nSPS) is 14.6. The standard InChI is InChI=1S/C25H17BrClNO6S/c1-2-33-24(31)18-11-15(5-9-19(18)27)21-10-8-17(34-21)12-22-23(30)28(25(32)35-22)13-20(29)14-3-6-16(26)7-4-14/h3-12H,2,13H2,1H3/b22-12+. The highest BCUT2D eigenvalue weighted by Gasteiger charge is 2.36. The van der Waals surface area contributed by atoms with Gasteiger partial charge in [-0.05, 0) is 61.2 Å². The van der Waals surface area contributed by atoms with E-state index in [4.69, 9.17) is 20.8 Å². The van der Waals surface area contributed by atoms with Crippen LogP contribution in [0.5, 0.6) is 0 Å². The lowest BCUT2D eigenvalue weighted by molar-refractivity contribution is -0.122. The lowest BCUT2D eigenvalue weighted by atomic mass is 10.1. The van der Waals surface area contributed by atoms with E-state index in [1.807, 2.05) is 0 Å². The zero-order valence-corrected chi connectivity index (χ0v) is 21.4. The molecule has 0 bridgehead atoms. The third kappa shape index (κ3) is 5.58. The molecule has 2 heterocycles. The Morgan fingerprint density at radius 1 is 1.11 bits per heavy atom. The molecule has 0 spiro atoms. The fourth-order valence-electron chi connectivity index (χ4n) is 3.27. The summed E-state index contributed by atoms with van der Waals surface area (Å²) in [5.74, 6) is -0.695. The first-order valence-electron chi connectivity index (χ1n) is 10.4. The van der Waals surface area contributed by atoms with Crippen LogP contribution in [0.3, 0.4) is 0 Å². The molecule has 4 rings (SSSR count). The summed E-state index contributed by atoms with van der Waals surface area (Å²) in [6, 6.07) is 14.8. The van der Waals surface area contributed by atoms with Crippen molar-refractivity contribution in [1.29, 1.82) is 0 Å². The molecule has 0 saturated carbocycles. The molecule has 0 N–H and O–H groups in total. The Kier molecular flexibility index (Phi) is 7.59. The molecule has 10 heteroatoms. The predicted octanol–water partition coefficient (Wildman–Crippen LogP) is 6.46. The van der Waals surface area contributed by atoms with Crippen LogP contribution in [0.15, 0.2) is 68.4 Å². The third-order valence-electron chi connectivity index (χ3n) is 4.99. The number of esters is 1. The molecule has 7 nitrogen and oxygen atoms in total. The Labute approximate surface area is 218 Å². The summed E-state index contributed by atoms with van der Waals surface area (Å²) in [5.41, 5.74) is 1.20. The monoisotopic (exact) mass is 573 g/mol. The largest absolute Gasteiger partial charge is 0.462 e. The van der Waals surface area contributed by atoms with Crippen LogP contribution in [0, 0.1) is 0 Å². The number of Topliss-reactive ketones (excluding diaryl/α,β-unsaturated/α-hetero) is 1. The Bertz CT molecular complexity index is 1360. The average Bonchev–Trinajstić information content (AvgIpc) is 3.40. The van der Waals surface area contributed by atoms with Crippen molar-refractivity contribution in [2.45, 2.75) is 6.92 Å². The van der Waals surface area contributed by atoms with Gasteiger partial charge in [-0.1, -0.05) is 39.7 Å². The van der Waals surface area contributed by atoms with Gasteiger partial charge < -0.3 is 9.15 Å². The third-order valence-corrected chi connectivity index (χ3v) is 6.75. The van der Waals surface area contributed by atoms with Crippen LogP contribution < -0.4 is 0 Å². The molecule has 0 atom stereocenters. The van der Waals surface area contributed by atoms with Crippen LogP contribution in [0.25, 0.3) is 17.4 Å². The molecule has 2 amide bonds. The van der Waals surface area contributed by atoms with Crippen LogP contribution in [0.1, 0.15) is 33.4 Å². The lowest BCUT2D eigenvalue weighted by Crippen LogP contribution is -2.33. The summed E-state index contributed by atoms with van der Waals surface area (Å²) in [6.45, 7) is 1.56. The maximum atomic E-state index is 12.8. The van der Waals surface area contributed by atoms with Crippen molar-refractivity contribution >= 4 is 68.3 Å². The van der Waals surface area contributed by atoms with Crippen molar-refractivity contribution < 1.29 is 28.3 Å². The molecule has 1 saturated heterocycles. The van der Waals surface area contributed by atoms with E-state index >= 15 is 0 Å². The fourth-order valence-corrected chi connectivity index (χ4v) is 4.54. The van der Waals surface area contributed by atoms with Gasteiger partial charge in [0.2, 0.25) is 0 Å². The van der Waals surface area contributed by atoms with E-state index in [2.05, 4.69) is 15.9 Å². The van der Waals surface area contributed by atoms with Crippen molar-refractivity contribution in [2.24, 2.45) is 0 Å². The molecule has 1 aromatic heterocycles. The summed E-state index contributed by atoms with van der Waals surface area (Å²) in [6.07, 6.45) is 1.45. The molecule has 0 radical (unpaired) electrons. The minimum absolute atomic E-state index is 0.142. The van der Waals surface area contributed by atoms with E-state index in [1.54, 1.807) is 61.5 Å². The van der Waals surface area contributed by atoms with Gasteiger partial charge in [0.1, 0.15) is 11.5 Å². The van der Waals surface area contributed by atoms with Crippen molar-refractivity contribution in [3.05, 3.63) is 85.9 Å².